The zero-order chi connectivity index (χ0) is 17.4. The Hall–Kier alpha value is -1.75. The number of halogens is 2. The summed E-state index contributed by atoms with van der Waals surface area (Å²) < 4.78 is 0. The first-order valence-electron chi connectivity index (χ1n) is 8.97. The number of piperidine rings is 1. The van der Waals surface area contributed by atoms with E-state index < -0.39 is 5.97 Å². The van der Waals surface area contributed by atoms with Crippen LogP contribution in [0.2, 0.25) is 0 Å². The van der Waals surface area contributed by atoms with Crippen LogP contribution < -0.4 is 5.32 Å². The van der Waals surface area contributed by atoms with Crippen molar-refractivity contribution in [3.05, 3.63) is 65.7 Å². The average molecular weight is 409 g/mol. The topological polar surface area (TPSA) is 52.6 Å². The standard InChI is InChI=1S/C21H24N2O2.2ClH/c1-23-19-10-11-21(23,16-7-3-2-4-8-16)14-18(13-19)22-17-9-5-6-15(12-17)20(24)25;;/h2-9,12,18-19,22H,10-11,13-14H2,1H3,(H,24,25);2*1H. The van der Waals surface area contributed by atoms with Crippen LogP contribution in [-0.4, -0.2) is 35.1 Å². The Kier molecular flexibility index (Phi) is 6.79. The van der Waals surface area contributed by atoms with Crippen LogP contribution >= 0.6 is 24.8 Å². The molecular formula is C21H26Cl2N2O2. The Morgan fingerprint density at radius 1 is 1.15 bits per heavy atom. The zero-order valence-electron chi connectivity index (χ0n) is 15.3. The molecule has 2 aromatic carbocycles. The number of nitrogens with one attached hydrogen (secondary N) is 1. The van der Waals surface area contributed by atoms with Gasteiger partial charge in [0.05, 0.1) is 5.56 Å². The SMILES string of the molecule is CN1C2CCC1(c1ccccc1)CC(Nc1cccc(C(=O)O)c1)C2.Cl.Cl. The van der Waals surface area contributed by atoms with Crippen LogP contribution in [0.4, 0.5) is 5.69 Å². The summed E-state index contributed by atoms with van der Waals surface area (Å²) in [7, 11) is 2.26. The minimum absolute atomic E-state index is 0. The van der Waals surface area contributed by atoms with Crippen LogP contribution in [-0.2, 0) is 5.54 Å². The van der Waals surface area contributed by atoms with Crippen LogP contribution in [0, 0.1) is 0 Å². The van der Waals surface area contributed by atoms with E-state index in [4.69, 9.17) is 0 Å². The lowest BCUT2D eigenvalue weighted by Gasteiger charge is -2.46. The maximum Gasteiger partial charge on any atom is 0.335 e. The second-order valence-electron chi connectivity index (χ2n) is 7.37. The fraction of sp³-hybridized carbons (Fsp3) is 0.381. The maximum absolute atomic E-state index is 11.2. The van der Waals surface area contributed by atoms with Gasteiger partial charge in [-0.15, -0.1) is 24.8 Å². The first-order valence-corrected chi connectivity index (χ1v) is 8.97. The molecule has 2 aliphatic rings. The van der Waals surface area contributed by atoms with E-state index in [-0.39, 0.29) is 30.4 Å². The Bertz CT molecular complexity index is 787. The van der Waals surface area contributed by atoms with Crippen molar-refractivity contribution >= 4 is 36.5 Å². The largest absolute Gasteiger partial charge is 0.478 e. The summed E-state index contributed by atoms with van der Waals surface area (Å²) in [4.78, 5) is 13.8. The van der Waals surface area contributed by atoms with E-state index in [1.807, 2.05) is 12.1 Å². The highest BCUT2D eigenvalue weighted by Gasteiger charge is 2.50. The Balaban J connectivity index is 0.00000131. The number of fused-ring (bicyclic) bond motifs is 2. The van der Waals surface area contributed by atoms with E-state index in [1.54, 1.807) is 12.1 Å². The number of carboxylic acid groups (broad SMARTS) is 1. The molecule has 27 heavy (non-hydrogen) atoms. The molecule has 0 saturated carbocycles. The lowest BCUT2D eigenvalue weighted by atomic mass is 9.80. The summed E-state index contributed by atoms with van der Waals surface area (Å²) in [5.74, 6) is -0.882. The van der Waals surface area contributed by atoms with Gasteiger partial charge in [0.2, 0.25) is 0 Å². The van der Waals surface area contributed by atoms with Gasteiger partial charge in [0.15, 0.2) is 0 Å². The first-order chi connectivity index (χ1) is 12.1. The minimum atomic E-state index is -0.882. The van der Waals surface area contributed by atoms with Crippen LogP contribution in [0.5, 0.6) is 0 Å². The van der Waals surface area contributed by atoms with Crippen LogP contribution in [0.25, 0.3) is 0 Å². The van der Waals surface area contributed by atoms with E-state index in [0.717, 1.165) is 18.5 Å². The predicted octanol–water partition coefficient (Wildman–Crippen LogP) is 4.79. The van der Waals surface area contributed by atoms with E-state index in [9.17, 15) is 9.90 Å². The number of carbonyl (C=O) groups is 1. The molecule has 146 valence electrons. The third-order valence-electron chi connectivity index (χ3n) is 6.05. The second kappa shape index (κ2) is 8.51. The van der Waals surface area contributed by atoms with Gasteiger partial charge in [-0.3, -0.25) is 4.90 Å². The highest BCUT2D eigenvalue weighted by molar-refractivity contribution is 5.88. The van der Waals surface area contributed by atoms with Crippen LogP contribution in [0.1, 0.15) is 41.6 Å². The smallest absolute Gasteiger partial charge is 0.335 e. The van der Waals surface area contributed by atoms with Gasteiger partial charge >= 0.3 is 5.97 Å². The Morgan fingerprint density at radius 3 is 2.59 bits per heavy atom. The summed E-state index contributed by atoms with van der Waals surface area (Å²) in [6.45, 7) is 0. The Morgan fingerprint density at radius 2 is 1.89 bits per heavy atom. The fourth-order valence-electron chi connectivity index (χ4n) is 4.77. The van der Waals surface area contributed by atoms with Crippen molar-refractivity contribution in [3.8, 4) is 0 Å². The van der Waals surface area contributed by atoms with Crippen molar-refractivity contribution in [2.45, 2.75) is 43.3 Å². The van der Waals surface area contributed by atoms with Gasteiger partial charge < -0.3 is 10.4 Å². The summed E-state index contributed by atoms with van der Waals surface area (Å²) in [5.41, 5.74) is 2.72. The molecule has 2 N–H and O–H groups in total. The van der Waals surface area contributed by atoms with Gasteiger partial charge in [-0.2, -0.15) is 0 Å². The first kappa shape index (κ1) is 21.5. The number of rotatable bonds is 4. The molecule has 3 unspecified atom stereocenters. The Labute approximate surface area is 172 Å². The molecule has 0 radical (unpaired) electrons. The van der Waals surface area contributed by atoms with Crippen molar-refractivity contribution in [1.29, 1.82) is 0 Å². The number of benzene rings is 2. The molecule has 2 saturated heterocycles. The molecule has 4 nitrogen and oxygen atoms in total. The molecular weight excluding hydrogens is 383 g/mol. The summed E-state index contributed by atoms with van der Waals surface area (Å²) in [6, 6.07) is 18.9. The van der Waals surface area contributed by atoms with Gasteiger partial charge in [0.25, 0.3) is 0 Å². The number of anilines is 1. The molecule has 2 bridgehead atoms. The maximum atomic E-state index is 11.2. The number of hydrogen-bond donors (Lipinski definition) is 2. The van der Waals surface area contributed by atoms with Crippen molar-refractivity contribution in [2.24, 2.45) is 0 Å². The van der Waals surface area contributed by atoms with Gasteiger partial charge in [-0.1, -0.05) is 36.4 Å². The van der Waals surface area contributed by atoms with E-state index in [2.05, 4.69) is 47.6 Å². The molecule has 6 heteroatoms. The van der Waals surface area contributed by atoms with Gasteiger partial charge in [-0.25, -0.2) is 4.79 Å². The predicted molar refractivity (Wildman–Crippen MR) is 113 cm³/mol. The molecule has 4 rings (SSSR count). The van der Waals surface area contributed by atoms with Crippen LogP contribution in [0.3, 0.4) is 0 Å². The molecule has 2 aromatic rings. The van der Waals surface area contributed by atoms with E-state index in [0.29, 0.717) is 17.6 Å². The third-order valence-corrected chi connectivity index (χ3v) is 6.05. The lowest BCUT2D eigenvalue weighted by Crippen LogP contribution is -2.51. The third kappa shape index (κ3) is 3.93. The second-order valence-corrected chi connectivity index (χ2v) is 7.37. The molecule has 0 amide bonds. The summed E-state index contributed by atoms with van der Waals surface area (Å²) in [6.07, 6.45) is 4.55. The van der Waals surface area contributed by atoms with Gasteiger partial charge in [0.1, 0.15) is 0 Å². The zero-order valence-corrected chi connectivity index (χ0v) is 16.9. The van der Waals surface area contributed by atoms with Gasteiger partial charge in [-0.05, 0) is 56.5 Å². The van der Waals surface area contributed by atoms with Crippen molar-refractivity contribution in [1.82, 2.24) is 4.90 Å². The molecule has 0 aliphatic carbocycles. The molecule has 2 fully saturated rings. The summed E-state index contributed by atoms with van der Waals surface area (Å²) >= 11 is 0. The highest BCUT2D eigenvalue weighted by atomic mass is 35.5. The molecule has 2 heterocycles. The quantitative estimate of drug-likeness (QED) is 0.762. The molecule has 3 atom stereocenters. The van der Waals surface area contributed by atoms with E-state index >= 15 is 0 Å². The minimum Gasteiger partial charge on any atom is -0.478 e. The van der Waals surface area contributed by atoms with Crippen molar-refractivity contribution in [2.75, 3.05) is 12.4 Å². The van der Waals surface area contributed by atoms with Crippen molar-refractivity contribution in [3.63, 3.8) is 0 Å². The van der Waals surface area contributed by atoms with Crippen molar-refractivity contribution < 1.29 is 9.90 Å². The highest BCUT2D eigenvalue weighted by Crippen LogP contribution is 2.50. The number of hydrogen-bond acceptors (Lipinski definition) is 3. The summed E-state index contributed by atoms with van der Waals surface area (Å²) in [5, 5.41) is 12.8. The normalized spacial score (nSPS) is 26.6. The molecule has 0 spiro atoms. The van der Waals surface area contributed by atoms with Crippen LogP contribution in [0.15, 0.2) is 54.6 Å². The monoisotopic (exact) mass is 408 g/mol. The molecule has 0 aromatic heterocycles. The number of carboxylic acids is 1. The number of aromatic carboxylic acids is 1. The van der Waals surface area contributed by atoms with E-state index in [1.165, 1.54) is 18.4 Å². The number of nitrogens with zero attached hydrogens (tertiary/aromatic N) is 1. The fourth-order valence-corrected chi connectivity index (χ4v) is 4.77. The lowest BCUT2D eigenvalue weighted by molar-refractivity contribution is 0.0696. The average Bonchev–Trinajstić information content (AvgIpc) is 2.82. The molecule has 2 aliphatic heterocycles. The van der Waals surface area contributed by atoms with Gasteiger partial charge in [0, 0.05) is 23.3 Å².